The summed E-state index contributed by atoms with van der Waals surface area (Å²) in [4.78, 5) is 15.6. The van der Waals surface area contributed by atoms with Gasteiger partial charge in [0.15, 0.2) is 5.78 Å². The van der Waals surface area contributed by atoms with Gasteiger partial charge in [-0.2, -0.15) is 0 Å². The van der Waals surface area contributed by atoms with E-state index in [1.807, 2.05) is 0 Å². The first-order valence-electron chi connectivity index (χ1n) is 5.28. The number of aliphatic hydroxyl groups excluding tert-OH is 1. The average molecular weight is 243 g/mol. The van der Waals surface area contributed by atoms with Gasteiger partial charge < -0.3 is 5.11 Å². The molecule has 0 aliphatic heterocycles. The van der Waals surface area contributed by atoms with E-state index < -0.39 is 11.6 Å². The minimum atomic E-state index is -0.410. The fourth-order valence-electron chi connectivity index (χ4n) is 1.42. The highest BCUT2D eigenvalue weighted by atomic mass is 19.1. The number of aliphatic hydroxyl groups is 1. The highest BCUT2D eigenvalue weighted by Crippen LogP contribution is 2.11. The first-order valence-corrected chi connectivity index (χ1v) is 5.28. The summed E-state index contributed by atoms with van der Waals surface area (Å²) in [7, 11) is 0. The molecule has 1 N–H and O–H groups in total. The lowest BCUT2D eigenvalue weighted by Gasteiger charge is -1.99. The van der Waals surface area contributed by atoms with E-state index in [1.165, 1.54) is 30.5 Å². The maximum Gasteiger partial charge on any atom is 0.189 e. The molecular formula is C14H10FNO2. The summed E-state index contributed by atoms with van der Waals surface area (Å²) in [5.41, 5.74) is 0.764. The third-order valence-electron chi connectivity index (χ3n) is 2.35. The molecule has 0 unspecified atom stereocenters. The van der Waals surface area contributed by atoms with Crippen LogP contribution in [-0.2, 0) is 0 Å². The number of ketones is 1. The third-order valence-corrected chi connectivity index (χ3v) is 2.35. The molecule has 0 amide bonds. The van der Waals surface area contributed by atoms with Crippen molar-refractivity contribution in [2.24, 2.45) is 0 Å². The predicted molar refractivity (Wildman–Crippen MR) is 65.6 cm³/mol. The first-order chi connectivity index (χ1) is 8.66. The minimum Gasteiger partial charge on any atom is -0.507 e. The van der Waals surface area contributed by atoms with Gasteiger partial charge in [0, 0.05) is 29.6 Å². The van der Waals surface area contributed by atoms with Gasteiger partial charge >= 0.3 is 0 Å². The number of pyridine rings is 1. The fraction of sp³-hybridized carbons (Fsp3) is 0. The van der Waals surface area contributed by atoms with Crippen LogP contribution in [-0.4, -0.2) is 15.9 Å². The molecule has 0 aliphatic carbocycles. The van der Waals surface area contributed by atoms with E-state index in [2.05, 4.69) is 4.98 Å². The molecule has 2 aromatic rings. The lowest BCUT2D eigenvalue weighted by molar-refractivity contribution is 0.104. The van der Waals surface area contributed by atoms with Crippen LogP contribution in [0.1, 0.15) is 15.9 Å². The summed E-state index contributed by atoms with van der Waals surface area (Å²) < 4.78 is 12.7. The Morgan fingerprint density at radius 2 is 1.89 bits per heavy atom. The maximum absolute atomic E-state index is 12.7. The third kappa shape index (κ3) is 2.79. The zero-order chi connectivity index (χ0) is 13.0. The molecule has 2 rings (SSSR count). The van der Waals surface area contributed by atoms with E-state index in [4.69, 9.17) is 0 Å². The normalized spacial score (nSPS) is 11.3. The van der Waals surface area contributed by atoms with Crippen LogP contribution < -0.4 is 0 Å². The van der Waals surface area contributed by atoms with Crippen molar-refractivity contribution >= 4 is 11.5 Å². The summed E-state index contributed by atoms with van der Waals surface area (Å²) >= 11 is 0. The van der Waals surface area contributed by atoms with Crippen molar-refractivity contribution in [1.29, 1.82) is 0 Å². The van der Waals surface area contributed by atoms with Crippen molar-refractivity contribution < 1.29 is 14.3 Å². The van der Waals surface area contributed by atoms with E-state index in [-0.39, 0.29) is 5.76 Å². The summed E-state index contributed by atoms with van der Waals surface area (Å²) in [6.07, 6.45) is 4.10. The van der Waals surface area contributed by atoms with Gasteiger partial charge in [-0.1, -0.05) is 0 Å². The number of nitrogens with zero attached hydrogens (tertiary/aromatic N) is 1. The Kier molecular flexibility index (Phi) is 3.48. The Hall–Kier alpha value is -2.49. The summed E-state index contributed by atoms with van der Waals surface area (Å²) in [5.74, 6) is -0.971. The van der Waals surface area contributed by atoms with Crippen molar-refractivity contribution in [3.63, 3.8) is 0 Å². The van der Waals surface area contributed by atoms with Crippen LogP contribution >= 0.6 is 0 Å². The number of hydrogen-bond donors (Lipinski definition) is 1. The van der Waals surface area contributed by atoms with Crippen LogP contribution in [0.5, 0.6) is 0 Å². The zero-order valence-corrected chi connectivity index (χ0v) is 9.38. The van der Waals surface area contributed by atoms with Gasteiger partial charge in [0.2, 0.25) is 0 Å². The van der Waals surface area contributed by atoms with Crippen molar-refractivity contribution in [3.05, 3.63) is 71.8 Å². The molecule has 0 saturated carbocycles. The summed E-state index contributed by atoms with van der Waals surface area (Å²) in [6.45, 7) is 0. The lowest BCUT2D eigenvalue weighted by atomic mass is 10.1. The van der Waals surface area contributed by atoms with Crippen molar-refractivity contribution in [3.8, 4) is 0 Å². The van der Waals surface area contributed by atoms with Gasteiger partial charge in [-0.25, -0.2) is 4.39 Å². The van der Waals surface area contributed by atoms with E-state index >= 15 is 0 Å². The summed E-state index contributed by atoms with van der Waals surface area (Å²) in [6, 6.07) is 8.41. The molecule has 3 nitrogen and oxygen atoms in total. The average Bonchev–Trinajstić information content (AvgIpc) is 2.40. The topological polar surface area (TPSA) is 50.2 Å². The Balaban J connectivity index is 2.23. The van der Waals surface area contributed by atoms with Gasteiger partial charge in [-0.15, -0.1) is 0 Å². The van der Waals surface area contributed by atoms with Gasteiger partial charge in [-0.05, 0) is 36.4 Å². The van der Waals surface area contributed by atoms with Crippen LogP contribution in [0, 0.1) is 5.82 Å². The summed E-state index contributed by atoms with van der Waals surface area (Å²) in [5, 5.41) is 9.73. The number of benzene rings is 1. The van der Waals surface area contributed by atoms with E-state index in [0.29, 0.717) is 11.1 Å². The minimum absolute atomic E-state index is 0.169. The quantitative estimate of drug-likeness (QED) is 0.512. The van der Waals surface area contributed by atoms with Crippen LogP contribution in [0.3, 0.4) is 0 Å². The molecule has 4 heteroatoms. The number of allylic oxidation sites excluding steroid dienone is 1. The molecule has 0 atom stereocenters. The zero-order valence-electron chi connectivity index (χ0n) is 9.38. The molecule has 0 spiro atoms. The van der Waals surface area contributed by atoms with E-state index in [1.54, 1.807) is 18.3 Å². The monoisotopic (exact) mass is 243 g/mol. The SMILES string of the molecule is O=C(/C=C(\O)c1cccnc1)c1ccc(F)cc1. The molecule has 0 aliphatic rings. The molecule has 1 aromatic heterocycles. The smallest absolute Gasteiger partial charge is 0.189 e. The molecule has 1 heterocycles. The van der Waals surface area contributed by atoms with Crippen molar-refractivity contribution in [1.82, 2.24) is 4.98 Å². The molecule has 0 bridgehead atoms. The van der Waals surface area contributed by atoms with Crippen molar-refractivity contribution in [2.45, 2.75) is 0 Å². The highest BCUT2D eigenvalue weighted by molar-refractivity contribution is 6.07. The van der Waals surface area contributed by atoms with Crippen LogP contribution in [0.15, 0.2) is 54.9 Å². The molecule has 18 heavy (non-hydrogen) atoms. The molecule has 0 radical (unpaired) electrons. The Bertz CT molecular complexity index is 577. The Morgan fingerprint density at radius 3 is 2.50 bits per heavy atom. The molecule has 0 saturated heterocycles. The number of carbonyl (C=O) groups excluding carboxylic acids is 1. The standard InChI is InChI=1S/C14H10FNO2/c15-12-5-3-10(4-6-12)13(17)8-14(18)11-2-1-7-16-9-11/h1-9,18H/b14-8-. The second-order valence-corrected chi connectivity index (χ2v) is 3.64. The first kappa shape index (κ1) is 12.0. The van der Waals surface area contributed by atoms with Gasteiger partial charge in [0.25, 0.3) is 0 Å². The number of halogens is 1. The largest absolute Gasteiger partial charge is 0.507 e. The molecule has 0 fully saturated rings. The van der Waals surface area contributed by atoms with E-state index in [9.17, 15) is 14.3 Å². The lowest BCUT2D eigenvalue weighted by Crippen LogP contribution is -1.96. The Labute approximate surface area is 103 Å². The van der Waals surface area contributed by atoms with Crippen LogP contribution in [0.2, 0.25) is 0 Å². The predicted octanol–water partition coefficient (Wildman–Crippen LogP) is 3.00. The highest BCUT2D eigenvalue weighted by Gasteiger charge is 2.06. The van der Waals surface area contributed by atoms with Gasteiger partial charge in [0.1, 0.15) is 11.6 Å². The van der Waals surface area contributed by atoms with Gasteiger partial charge in [0.05, 0.1) is 0 Å². The van der Waals surface area contributed by atoms with Crippen LogP contribution in [0.4, 0.5) is 4.39 Å². The Morgan fingerprint density at radius 1 is 1.17 bits per heavy atom. The van der Waals surface area contributed by atoms with Gasteiger partial charge in [-0.3, -0.25) is 9.78 Å². The molecule has 1 aromatic carbocycles. The molecular weight excluding hydrogens is 233 g/mol. The maximum atomic E-state index is 12.7. The molecule has 90 valence electrons. The number of aromatic nitrogens is 1. The van der Waals surface area contributed by atoms with E-state index in [0.717, 1.165) is 6.08 Å². The number of rotatable bonds is 3. The number of carbonyl (C=O) groups is 1. The fourth-order valence-corrected chi connectivity index (χ4v) is 1.42. The van der Waals surface area contributed by atoms with Crippen molar-refractivity contribution in [2.75, 3.05) is 0 Å². The second kappa shape index (κ2) is 5.23. The number of hydrogen-bond acceptors (Lipinski definition) is 3. The van der Waals surface area contributed by atoms with Crippen LogP contribution in [0.25, 0.3) is 5.76 Å². The second-order valence-electron chi connectivity index (χ2n) is 3.64.